The third kappa shape index (κ3) is 4.65. The summed E-state index contributed by atoms with van der Waals surface area (Å²) in [6.07, 6.45) is 1.34. The van der Waals surface area contributed by atoms with Gasteiger partial charge >= 0.3 is 0 Å². The van der Waals surface area contributed by atoms with Crippen molar-refractivity contribution in [2.24, 2.45) is 5.92 Å². The number of alkyl halides is 1. The van der Waals surface area contributed by atoms with Crippen LogP contribution in [0.4, 0.5) is 16.2 Å². The van der Waals surface area contributed by atoms with Gasteiger partial charge in [-0.3, -0.25) is 0 Å². The highest BCUT2D eigenvalue weighted by Crippen LogP contribution is 2.27. The molecule has 30 heavy (non-hydrogen) atoms. The molecule has 0 radical (unpaired) electrons. The zero-order valence-corrected chi connectivity index (χ0v) is 18.7. The minimum atomic E-state index is -3.49. The van der Waals surface area contributed by atoms with Gasteiger partial charge in [0, 0.05) is 19.1 Å². The van der Waals surface area contributed by atoms with E-state index in [1.54, 1.807) is 6.33 Å². The van der Waals surface area contributed by atoms with Crippen molar-refractivity contribution in [3.63, 3.8) is 0 Å². The van der Waals surface area contributed by atoms with Crippen molar-refractivity contribution in [3.8, 4) is 0 Å². The molecular formula is C18H30FN7O3S. The van der Waals surface area contributed by atoms with Gasteiger partial charge in [-0.1, -0.05) is 13.8 Å². The molecule has 2 aromatic heterocycles. The van der Waals surface area contributed by atoms with Crippen LogP contribution < -0.4 is 10.6 Å². The summed E-state index contributed by atoms with van der Waals surface area (Å²) < 4.78 is 41.2. The number of aromatic nitrogens is 4. The maximum Gasteiger partial charge on any atom is 0.227 e. The molecule has 12 heteroatoms. The molecule has 1 fully saturated rings. The van der Waals surface area contributed by atoms with Crippen LogP contribution in [0.5, 0.6) is 0 Å². The summed E-state index contributed by atoms with van der Waals surface area (Å²) in [5, 5.41) is 15.8. The fraction of sp³-hybridized carbons (Fsp3) is 0.722. The summed E-state index contributed by atoms with van der Waals surface area (Å²) in [5.74, 6) is 0.743. The Balaban J connectivity index is 1.98. The summed E-state index contributed by atoms with van der Waals surface area (Å²) >= 11 is 0. The molecule has 1 aliphatic heterocycles. The Morgan fingerprint density at radius 1 is 1.27 bits per heavy atom. The van der Waals surface area contributed by atoms with E-state index in [4.69, 9.17) is 0 Å². The first-order valence-corrected chi connectivity index (χ1v) is 11.8. The summed E-state index contributed by atoms with van der Waals surface area (Å²) in [4.78, 5) is 13.4. The molecule has 2 aromatic rings. The molecule has 0 bridgehead atoms. The molecule has 3 N–H and O–H groups in total. The summed E-state index contributed by atoms with van der Waals surface area (Å²) in [6.45, 7) is 7.63. The quantitative estimate of drug-likeness (QED) is 0.556. The number of imidazole rings is 1. The highest BCUT2D eigenvalue weighted by Gasteiger charge is 2.38. The lowest BCUT2D eigenvalue weighted by Gasteiger charge is -2.21. The van der Waals surface area contributed by atoms with E-state index in [1.165, 1.54) is 0 Å². The molecule has 0 saturated carbocycles. The summed E-state index contributed by atoms with van der Waals surface area (Å²) in [7, 11) is -3.49. The van der Waals surface area contributed by atoms with Crippen molar-refractivity contribution >= 4 is 33.0 Å². The fourth-order valence-corrected chi connectivity index (χ4v) is 4.21. The Morgan fingerprint density at radius 3 is 2.50 bits per heavy atom. The molecule has 0 aliphatic carbocycles. The molecule has 3 rings (SSSR count). The van der Waals surface area contributed by atoms with Crippen molar-refractivity contribution in [2.75, 3.05) is 36.6 Å². The fourth-order valence-electron chi connectivity index (χ4n) is 3.36. The standard InChI is InChI=1S/C18H30FN7O3S/c1-10(2)14(8-27)22-18-23-16(15-17(24-18)26(9-20-15)11(3)4)21-13-7-25(6-12(13)19)30(5,28)29/h9-14,27H,6-8H2,1-5H3,(H2,21,22,23,24)/t12-,13-,14+/m1/s1. The first-order valence-electron chi connectivity index (χ1n) is 9.99. The maximum absolute atomic E-state index is 14.6. The third-order valence-corrected chi connectivity index (χ3v) is 6.54. The Bertz CT molecular complexity index is 995. The number of fused-ring (bicyclic) bond motifs is 1. The molecule has 0 spiro atoms. The summed E-state index contributed by atoms with van der Waals surface area (Å²) in [6, 6.07) is -0.925. The van der Waals surface area contributed by atoms with Gasteiger partial charge in [0.1, 0.15) is 6.17 Å². The van der Waals surface area contributed by atoms with Crippen LogP contribution in [-0.4, -0.2) is 81.6 Å². The van der Waals surface area contributed by atoms with Crippen molar-refractivity contribution in [3.05, 3.63) is 6.33 Å². The Labute approximate surface area is 176 Å². The number of aliphatic hydroxyl groups excluding tert-OH is 1. The summed E-state index contributed by atoms with van der Waals surface area (Å²) in [5.41, 5.74) is 1.04. The molecule has 0 aromatic carbocycles. The van der Waals surface area contributed by atoms with E-state index in [0.29, 0.717) is 17.0 Å². The van der Waals surface area contributed by atoms with E-state index >= 15 is 0 Å². The van der Waals surface area contributed by atoms with Gasteiger partial charge < -0.3 is 20.3 Å². The highest BCUT2D eigenvalue weighted by atomic mass is 32.2. The average Bonchev–Trinajstić information content (AvgIpc) is 3.23. The van der Waals surface area contributed by atoms with Gasteiger partial charge in [0.25, 0.3) is 0 Å². The first kappa shape index (κ1) is 22.6. The Kier molecular flexibility index (Phi) is 6.48. The smallest absolute Gasteiger partial charge is 0.227 e. The number of anilines is 2. The van der Waals surface area contributed by atoms with E-state index in [9.17, 15) is 17.9 Å². The van der Waals surface area contributed by atoms with Crippen LogP contribution in [0, 0.1) is 5.92 Å². The van der Waals surface area contributed by atoms with Gasteiger partial charge in [0.05, 0.1) is 31.3 Å². The average molecular weight is 444 g/mol. The minimum absolute atomic E-state index is 0.00437. The minimum Gasteiger partial charge on any atom is -0.394 e. The number of sulfonamides is 1. The number of halogens is 1. The molecule has 1 saturated heterocycles. The van der Waals surface area contributed by atoms with Crippen molar-refractivity contribution in [1.29, 1.82) is 0 Å². The molecule has 168 valence electrons. The normalized spacial score (nSPS) is 21.6. The van der Waals surface area contributed by atoms with Crippen molar-refractivity contribution < 1.29 is 17.9 Å². The first-order chi connectivity index (χ1) is 14.0. The second-order valence-corrected chi connectivity index (χ2v) is 10.3. The number of hydrogen-bond acceptors (Lipinski definition) is 8. The number of rotatable bonds is 8. The van der Waals surface area contributed by atoms with E-state index in [1.807, 2.05) is 32.3 Å². The van der Waals surface area contributed by atoms with Crippen molar-refractivity contribution in [1.82, 2.24) is 23.8 Å². The highest BCUT2D eigenvalue weighted by molar-refractivity contribution is 7.88. The zero-order valence-electron chi connectivity index (χ0n) is 17.9. The van der Waals surface area contributed by atoms with Crippen molar-refractivity contribution in [2.45, 2.75) is 52.0 Å². The number of aliphatic hydroxyl groups is 1. The molecule has 10 nitrogen and oxygen atoms in total. The van der Waals surface area contributed by atoms with Crippen LogP contribution in [0.25, 0.3) is 11.2 Å². The Morgan fingerprint density at radius 2 is 1.97 bits per heavy atom. The SMILES string of the molecule is CC(C)[C@H](CO)Nc1nc(N[C@@H]2CN(S(C)(=O)=O)C[C@H]2F)c2ncn(C(C)C)c2n1. The molecule has 0 unspecified atom stereocenters. The predicted octanol–water partition coefficient (Wildman–Crippen LogP) is 1.23. The van der Waals surface area contributed by atoms with E-state index in [-0.39, 0.29) is 43.6 Å². The van der Waals surface area contributed by atoms with Crippen LogP contribution in [0.3, 0.4) is 0 Å². The van der Waals surface area contributed by atoms with E-state index < -0.39 is 22.2 Å². The largest absolute Gasteiger partial charge is 0.394 e. The lowest BCUT2D eigenvalue weighted by Crippen LogP contribution is -2.33. The maximum atomic E-state index is 14.6. The van der Waals surface area contributed by atoms with Crippen LogP contribution >= 0.6 is 0 Å². The lowest BCUT2D eigenvalue weighted by atomic mass is 10.1. The van der Waals surface area contributed by atoms with Gasteiger partial charge in [0.15, 0.2) is 17.0 Å². The monoisotopic (exact) mass is 443 g/mol. The number of nitrogens with zero attached hydrogens (tertiary/aromatic N) is 5. The lowest BCUT2D eigenvalue weighted by molar-refractivity contribution is 0.248. The zero-order chi connectivity index (χ0) is 22.2. The van der Waals surface area contributed by atoms with Gasteiger partial charge in [-0.15, -0.1) is 0 Å². The molecular weight excluding hydrogens is 413 g/mol. The number of nitrogens with one attached hydrogen (secondary N) is 2. The molecule has 0 amide bonds. The molecule has 3 atom stereocenters. The van der Waals surface area contributed by atoms with Gasteiger partial charge in [0.2, 0.25) is 16.0 Å². The predicted molar refractivity (Wildman–Crippen MR) is 114 cm³/mol. The van der Waals surface area contributed by atoms with Gasteiger partial charge in [-0.05, 0) is 19.8 Å². The van der Waals surface area contributed by atoms with Crippen LogP contribution in [0.2, 0.25) is 0 Å². The third-order valence-electron chi connectivity index (χ3n) is 5.30. The molecule has 1 aliphatic rings. The van der Waals surface area contributed by atoms with Crippen LogP contribution in [0.15, 0.2) is 6.33 Å². The second kappa shape index (κ2) is 8.60. The van der Waals surface area contributed by atoms with Gasteiger partial charge in [-0.25, -0.2) is 17.8 Å². The van der Waals surface area contributed by atoms with Crippen LogP contribution in [0.1, 0.15) is 33.7 Å². The molecule has 3 heterocycles. The van der Waals surface area contributed by atoms with E-state index in [0.717, 1.165) is 10.6 Å². The second-order valence-electron chi connectivity index (χ2n) is 8.34. The van der Waals surface area contributed by atoms with Gasteiger partial charge in [-0.2, -0.15) is 14.3 Å². The van der Waals surface area contributed by atoms with Crippen LogP contribution in [-0.2, 0) is 10.0 Å². The topological polar surface area (TPSA) is 125 Å². The number of hydrogen-bond donors (Lipinski definition) is 3. The van der Waals surface area contributed by atoms with E-state index in [2.05, 4.69) is 25.6 Å². The Hall–Kier alpha value is -2.05.